The van der Waals surface area contributed by atoms with Crippen molar-refractivity contribution in [2.24, 2.45) is 0 Å². The largest absolute Gasteiger partial charge is 0.363 e. The van der Waals surface area contributed by atoms with E-state index in [9.17, 15) is 13.2 Å². The lowest BCUT2D eigenvalue weighted by atomic mass is 10.0. The Bertz CT molecular complexity index is 1480. The molecule has 0 bridgehead atoms. The highest BCUT2D eigenvalue weighted by atomic mass is 32.2. The molecule has 0 aliphatic rings. The fourth-order valence-electron chi connectivity index (χ4n) is 3.33. The van der Waals surface area contributed by atoms with Gasteiger partial charge < -0.3 is 9.88 Å². The molecule has 0 aliphatic carbocycles. The van der Waals surface area contributed by atoms with Crippen molar-refractivity contribution in [3.8, 4) is 11.1 Å². The predicted molar refractivity (Wildman–Crippen MR) is 130 cm³/mol. The highest BCUT2D eigenvalue weighted by Crippen LogP contribution is 2.28. The van der Waals surface area contributed by atoms with Crippen LogP contribution in [0.4, 0.5) is 15.9 Å². The van der Waals surface area contributed by atoms with E-state index in [1.165, 1.54) is 38.5 Å². The van der Waals surface area contributed by atoms with Crippen LogP contribution in [0.3, 0.4) is 0 Å². The van der Waals surface area contributed by atoms with Crippen molar-refractivity contribution in [3.63, 3.8) is 0 Å². The van der Waals surface area contributed by atoms with Crippen LogP contribution in [0, 0.1) is 5.82 Å². The molecule has 176 valence electrons. The summed E-state index contributed by atoms with van der Waals surface area (Å²) in [6.45, 7) is 0. The zero-order chi connectivity index (χ0) is 24.6. The number of aromatic nitrogens is 3. The Morgan fingerprint density at radius 1 is 1.00 bits per heavy atom. The number of nitrogens with one attached hydrogen (secondary N) is 2. The van der Waals surface area contributed by atoms with E-state index in [-0.39, 0.29) is 16.8 Å². The Balaban J connectivity index is 1.72. The predicted octanol–water partition coefficient (Wildman–Crippen LogP) is 3.28. The second kappa shape index (κ2) is 8.84. The third kappa shape index (κ3) is 4.35. The lowest BCUT2D eigenvalue weighted by molar-refractivity contribution is 0.103. The molecule has 0 amide bonds. The van der Waals surface area contributed by atoms with Gasteiger partial charge in [0.05, 0.1) is 11.3 Å². The molecule has 9 nitrogen and oxygen atoms in total. The summed E-state index contributed by atoms with van der Waals surface area (Å²) in [7, 11) is 2.48. The van der Waals surface area contributed by atoms with E-state index in [1.807, 2.05) is 31.1 Å². The number of anilines is 2. The minimum atomic E-state index is -3.94. The van der Waals surface area contributed by atoms with E-state index in [0.717, 1.165) is 21.2 Å². The van der Waals surface area contributed by atoms with E-state index < -0.39 is 21.8 Å². The monoisotopic (exact) mass is 482 g/mol. The van der Waals surface area contributed by atoms with Crippen molar-refractivity contribution in [3.05, 3.63) is 71.9 Å². The molecule has 3 heterocycles. The fourth-order valence-corrected chi connectivity index (χ4v) is 3.95. The number of ketones is 1. The molecular formula is C23H23FN6O3S. The van der Waals surface area contributed by atoms with Crippen LogP contribution in [0.25, 0.3) is 22.2 Å². The van der Waals surface area contributed by atoms with Gasteiger partial charge in [0.1, 0.15) is 11.5 Å². The van der Waals surface area contributed by atoms with Gasteiger partial charge >= 0.3 is 10.2 Å². The van der Waals surface area contributed by atoms with Crippen LogP contribution in [0.5, 0.6) is 0 Å². The molecule has 0 saturated heterocycles. The molecule has 4 rings (SSSR count). The van der Waals surface area contributed by atoms with Crippen molar-refractivity contribution in [2.45, 2.75) is 0 Å². The van der Waals surface area contributed by atoms with Crippen molar-refractivity contribution in [2.75, 3.05) is 37.8 Å². The van der Waals surface area contributed by atoms with E-state index in [0.29, 0.717) is 11.0 Å². The van der Waals surface area contributed by atoms with Crippen LogP contribution in [0.1, 0.15) is 15.9 Å². The first-order valence-electron chi connectivity index (χ1n) is 10.2. The van der Waals surface area contributed by atoms with E-state index >= 15 is 4.39 Å². The molecule has 0 unspecified atom stereocenters. The molecule has 3 aromatic heterocycles. The molecule has 0 radical (unpaired) electrons. The molecule has 34 heavy (non-hydrogen) atoms. The summed E-state index contributed by atoms with van der Waals surface area (Å²) < 4.78 is 42.4. The van der Waals surface area contributed by atoms with Crippen molar-refractivity contribution in [1.29, 1.82) is 0 Å². The summed E-state index contributed by atoms with van der Waals surface area (Å²) >= 11 is 0. The molecule has 0 spiro atoms. The number of benzene rings is 1. The van der Waals surface area contributed by atoms with Gasteiger partial charge in [-0.05, 0) is 30.3 Å². The number of pyridine rings is 2. The highest BCUT2D eigenvalue weighted by molar-refractivity contribution is 7.90. The molecule has 0 saturated carbocycles. The number of hydrogen-bond donors (Lipinski definition) is 2. The number of rotatable bonds is 7. The summed E-state index contributed by atoms with van der Waals surface area (Å²) in [5.74, 6) is -0.759. The molecule has 0 fully saturated rings. The van der Waals surface area contributed by atoms with Crippen LogP contribution < -0.4 is 9.62 Å². The molecule has 0 aliphatic heterocycles. The number of fused-ring (bicyclic) bond motifs is 1. The topological polar surface area (TPSA) is 111 Å². The van der Waals surface area contributed by atoms with Crippen molar-refractivity contribution >= 4 is 38.5 Å². The van der Waals surface area contributed by atoms with Gasteiger partial charge in [0.15, 0.2) is 11.6 Å². The highest BCUT2D eigenvalue weighted by Gasteiger charge is 2.23. The first kappa shape index (κ1) is 23.3. The number of aromatic amines is 1. The minimum absolute atomic E-state index is 0.216. The third-order valence-corrected chi connectivity index (χ3v) is 6.72. The summed E-state index contributed by atoms with van der Waals surface area (Å²) in [6, 6.07) is 9.55. The number of hydrogen-bond acceptors (Lipinski definition) is 6. The molecule has 1 aromatic carbocycles. The van der Waals surface area contributed by atoms with Crippen LogP contribution in [0.15, 0.2) is 55.0 Å². The Morgan fingerprint density at radius 3 is 2.38 bits per heavy atom. The quantitative estimate of drug-likeness (QED) is 0.391. The van der Waals surface area contributed by atoms with Gasteiger partial charge in [-0.2, -0.15) is 12.7 Å². The molecule has 2 N–H and O–H groups in total. The average molecular weight is 483 g/mol. The van der Waals surface area contributed by atoms with Gasteiger partial charge in [0.25, 0.3) is 0 Å². The maximum Gasteiger partial charge on any atom is 0.301 e. The first-order valence-corrected chi connectivity index (χ1v) is 11.7. The number of halogens is 1. The number of carbonyl (C=O) groups excluding carboxylic acids is 1. The minimum Gasteiger partial charge on any atom is -0.363 e. The lowest BCUT2D eigenvalue weighted by Gasteiger charge is -2.14. The Morgan fingerprint density at radius 2 is 1.74 bits per heavy atom. The second-order valence-electron chi connectivity index (χ2n) is 8.01. The van der Waals surface area contributed by atoms with Crippen LogP contribution in [-0.2, 0) is 10.2 Å². The summed E-state index contributed by atoms with van der Waals surface area (Å²) in [4.78, 5) is 26.9. The van der Waals surface area contributed by atoms with Crippen LogP contribution in [-0.4, -0.2) is 61.6 Å². The average Bonchev–Trinajstić information content (AvgIpc) is 3.23. The van der Waals surface area contributed by atoms with Crippen molar-refractivity contribution in [1.82, 2.24) is 19.3 Å². The maximum absolute atomic E-state index is 15.2. The smallest absolute Gasteiger partial charge is 0.301 e. The van der Waals surface area contributed by atoms with Gasteiger partial charge in [0.2, 0.25) is 0 Å². The van der Waals surface area contributed by atoms with Gasteiger partial charge in [-0.3, -0.25) is 9.52 Å². The van der Waals surface area contributed by atoms with Gasteiger partial charge in [-0.15, -0.1) is 0 Å². The molecule has 11 heteroatoms. The van der Waals surface area contributed by atoms with Gasteiger partial charge in [0, 0.05) is 68.9 Å². The third-order valence-electron chi connectivity index (χ3n) is 5.28. The maximum atomic E-state index is 15.2. The summed E-state index contributed by atoms with van der Waals surface area (Å²) in [5, 5.41) is 0.512. The standard InChI is InChI=1S/C23H23FN6O3S/c1-29(2)20-9-8-14(11-25-20)15-10-17-18(13-27-23(17)26-12-15)22(31)16-6-5-7-19(21(16)24)28-34(32,33)30(3)4/h5-13,28H,1-4H3,(H,26,27). The van der Waals surface area contributed by atoms with Crippen LogP contribution >= 0.6 is 0 Å². The SMILES string of the molecule is CN(C)c1ccc(-c2cnc3[nH]cc(C(=O)c4cccc(NS(=O)(=O)N(C)C)c4F)c3c2)cn1. The molecule has 0 atom stereocenters. The van der Waals surface area contributed by atoms with E-state index in [4.69, 9.17) is 0 Å². The summed E-state index contributed by atoms with van der Waals surface area (Å²) in [6.07, 6.45) is 4.84. The zero-order valence-electron chi connectivity index (χ0n) is 19.0. The Labute approximate surface area is 196 Å². The molecular weight excluding hydrogens is 459 g/mol. The summed E-state index contributed by atoms with van der Waals surface area (Å²) in [5.41, 5.74) is 1.66. The van der Waals surface area contributed by atoms with Crippen molar-refractivity contribution < 1.29 is 17.6 Å². The number of nitrogens with zero attached hydrogens (tertiary/aromatic N) is 4. The fraction of sp³-hybridized carbons (Fsp3) is 0.174. The number of H-pyrrole nitrogens is 1. The second-order valence-corrected chi connectivity index (χ2v) is 9.89. The number of carbonyl (C=O) groups is 1. The Kier molecular flexibility index (Phi) is 6.07. The zero-order valence-corrected chi connectivity index (χ0v) is 19.8. The van der Waals surface area contributed by atoms with Crippen LogP contribution in [0.2, 0.25) is 0 Å². The Hall–Kier alpha value is -3.83. The van der Waals surface area contributed by atoms with Gasteiger partial charge in [-0.25, -0.2) is 14.4 Å². The van der Waals surface area contributed by atoms with Gasteiger partial charge in [-0.1, -0.05) is 6.07 Å². The lowest BCUT2D eigenvalue weighted by Crippen LogP contribution is -2.29. The van der Waals surface area contributed by atoms with E-state index in [2.05, 4.69) is 19.7 Å². The first-order chi connectivity index (χ1) is 16.1. The normalized spacial score (nSPS) is 11.7. The van der Waals surface area contributed by atoms with E-state index in [1.54, 1.807) is 18.5 Å². The molecule has 4 aromatic rings.